The van der Waals surface area contributed by atoms with Crippen LogP contribution in [-0.4, -0.2) is 52.7 Å². The van der Waals surface area contributed by atoms with E-state index in [4.69, 9.17) is 9.84 Å². The Morgan fingerprint density at radius 1 is 1.38 bits per heavy atom. The van der Waals surface area contributed by atoms with Crippen LogP contribution in [0, 0.1) is 0 Å². The number of aliphatic hydroxyl groups is 2. The summed E-state index contributed by atoms with van der Waals surface area (Å²) >= 11 is 0. The summed E-state index contributed by atoms with van der Waals surface area (Å²) in [5, 5.41) is 18.8. The minimum absolute atomic E-state index is 0.111. The van der Waals surface area contributed by atoms with Crippen LogP contribution in [0.15, 0.2) is 0 Å². The molecule has 0 aromatic carbocycles. The lowest BCUT2D eigenvalue weighted by molar-refractivity contribution is -0.287. The van der Waals surface area contributed by atoms with Gasteiger partial charge >= 0.3 is 0 Å². The molecule has 0 spiro atoms. The molecule has 0 radical (unpaired) electrons. The molecule has 1 rings (SSSR count). The number of nitrogens with zero attached hydrogens (tertiary/aromatic N) is 1. The molecule has 1 atom stereocenters. The number of β-amino-alcohol motifs (C(OH)–C–C–N with tert-alkyl or cyclic N) is 1. The minimum atomic E-state index is -1.14. The van der Waals surface area contributed by atoms with E-state index >= 15 is 0 Å². The number of hydrogen-bond acceptors (Lipinski definition) is 4. The number of ether oxygens (including phenoxy) is 1. The molecule has 0 aromatic heterocycles. The molecule has 0 aliphatic carbocycles. The fourth-order valence-corrected chi connectivity index (χ4v) is 1.62. The molecule has 13 heavy (non-hydrogen) atoms. The fourth-order valence-electron chi connectivity index (χ4n) is 1.62. The average Bonchev–Trinajstić information content (AvgIpc) is 2.00. The fraction of sp³-hybridized carbons (Fsp3) is 1.00. The maximum absolute atomic E-state index is 9.95. The maximum atomic E-state index is 9.95. The van der Waals surface area contributed by atoms with Gasteiger partial charge in [0.15, 0.2) is 5.79 Å². The maximum Gasteiger partial charge on any atom is 0.180 e. The smallest absolute Gasteiger partial charge is 0.180 e. The number of morpholine rings is 1. The van der Waals surface area contributed by atoms with Crippen LogP contribution >= 0.6 is 0 Å². The highest BCUT2D eigenvalue weighted by molar-refractivity contribution is 4.95. The Bertz CT molecular complexity index is 178. The van der Waals surface area contributed by atoms with E-state index in [1.807, 2.05) is 18.7 Å². The van der Waals surface area contributed by atoms with Gasteiger partial charge < -0.3 is 14.9 Å². The van der Waals surface area contributed by atoms with Crippen molar-refractivity contribution >= 4 is 0 Å². The SMILES string of the molecule is CC1(O)OCCN(CCO)C1(C)C. The Balaban J connectivity index is 2.75. The molecule has 1 aliphatic heterocycles. The summed E-state index contributed by atoms with van der Waals surface area (Å²) in [7, 11) is 0. The summed E-state index contributed by atoms with van der Waals surface area (Å²) in [4.78, 5) is 2.04. The first-order valence-corrected chi connectivity index (χ1v) is 4.64. The molecular weight excluding hydrogens is 170 g/mol. The zero-order valence-electron chi connectivity index (χ0n) is 8.58. The molecule has 1 aliphatic rings. The molecule has 0 saturated carbocycles. The second kappa shape index (κ2) is 3.53. The first kappa shape index (κ1) is 10.9. The second-order valence-electron chi connectivity index (χ2n) is 4.10. The highest BCUT2D eigenvalue weighted by atomic mass is 16.6. The third kappa shape index (κ3) is 1.86. The predicted molar refractivity (Wildman–Crippen MR) is 49.3 cm³/mol. The van der Waals surface area contributed by atoms with Crippen LogP contribution in [0.25, 0.3) is 0 Å². The quantitative estimate of drug-likeness (QED) is 0.631. The standard InChI is InChI=1S/C9H19NO3/c1-8(2)9(3,12)13-7-5-10(8)4-6-11/h11-12H,4-7H2,1-3H3. The molecule has 78 valence electrons. The summed E-state index contributed by atoms with van der Waals surface area (Å²) in [6.07, 6.45) is 0. The van der Waals surface area contributed by atoms with E-state index in [-0.39, 0.29) is 6.61 Å². The largest absolute Gasteiger partial charge is 0.395 e. The number of rotatable bonds is 2. The van der Waals surface area contributed by atoms with E-state index in [0.717, 1.165) is 6.54 Å². The molecular formula is C9H19NO3. The molecule has 0 amide bonds. The van der Waals surface area contributed by atoms with Gasteiger partial charge in [-0.25, -0.2) is 0 Å². The van der Waals surface area contributed by atoms with Gasteiger partial charge in [0.1, 0.15) is 0 Å². The molecule has 1 fully saturated rings. The molecule has 0 bridgehead atoms. The van der Waals surface area contributed by atoms with Crippen molar-refractivity contribution in [2.75, 3.05) is 26.3 Å². The van der Waals surface area contributed by atoms with Crippen LogP contribution in [0.1, 0.15) is 20.8 Å². The van der Waals surface area contributed by atoms with E-state index in [1.165, 1.54) is 0 Å². The van der Waals surface area contributed by atoms with Crippen molar-refractivity contribution in [3.63, 3.8) is 0 Å². The van der Waals surface area contributed by atoms with Crippen molar-refractivity contribution in [1.82, 2.24) is 4.90 Å². The van der Waals surface area contributed by atoms with Crippen molar-refractivity contribution < 1.29 is 14.9 Å². The molecule has 0 aromatic rings. The first-order valence-electron chi connectivity index (χ1n) is 4.64. The Morgan fingerprint density at radius 2 is 2.00 bits per heavy atom. The third-order valence-corrected chi connectivity index (χ3v) is 3.04. The van der Waals surface area contributed by atoms with Gasteiger partial charge in [0.2, 0.25) is 0 Å². The van der Waals surface area contributed by atoms with Gasteiger partial charge in [-0.3, -0.25) is 4.90 Å². The van der Waals surface area contributed by atoms with Gasteiger partial charge in [0.05, 0.1) is 18.8 Å². The first-order chi connectivity index (χ1) is 5.92. The van der Waals surface area contributed by atoms with Crippen molar-refractivity contribution in [1.29, 1.82) is 0 Å². The molecule has 2 N–H and O–H groups in total. The second-order valence-corrected chi connectivity index (χ2v) is 4.10. The van der Waals surface area contributed by atoms with E-state index in [9.17, 15) is 5.11 Å². The van der Waals surface area contributed by atoms with Gasteiger partial charge in [-0.15, -0.1) is 0 Å². The normalized spacial score (nSPS) is 34.8. The van der Waals surface area contributed by atoms with Gasteiger partial charge in [-0.2, -0.15) is 0 Å². The van der Waals surface area contributed by atoms with Gasteiger partial charge in [0, 0.05) is 13.1 Å². The summed E-state index contributed by atoms with van der Waals surface area (Å²) in [6, 6.07) is 0. The summed E-state index contributed by atoms with van der Waals surface area (Å²) in [6.45, 7) is 7.45. The van der Waals surface area contributed by atoms with Crippen LogP contribution in [0.4, 0.5) is 0 Å². The Labute approximate surface area is 79.1 Å². The monoisotopic (exact) mass is 189 g/mol. The Morgan fingerprint density at radius 3 is 2.54 bits per heavy atom. The van der Waals surface area contributed by atoms with Gasteiger partial charge in [-0.05, 0) is 20.8 Å². The van der Waals surface area contributed by atoms with Crippen LogP contribution < -0.4 is 0 Å². The van der Waals surface area contributed by atoms with Crippen LogP contribution in [-0.2, 0) is 4.74 Å². The van der Waals surface area contributed by atoms with Crippen LogP contribution in [0.3, 0.4) is 0 Å². The third-order valence-electron chi connectivity index (χ3n) is 3.04. The highest BCUT2D eigenvalue weighted by Crippen LogP contribution is 2.32. The molecule has 1 unspecified atom stereocenters. The molecule has 4 nitrogen and oxygen atoms in total. The minimum Gasteiger partial charge on any atom is -0.395 e. The van der Waals surface area contributed by atoms with Crippen LogP contribution in [0.5, 0.6) is 0 Å². The van der Waals surface area contributed by atoms with E-state index in [0.29, 0.717) is 13.2 Å². The van der Waals surface area contributed by atoms with Gasteiger partial charge in [-0.1, -0.05) is 0 Å². The zero-order chi connectivity index (χ0) is 10.1. The van der Waals surface area contributed by atoms with E-state index < -0.39 is 11.3 Å². The van der Waals surface area contributed by atoms with E-state index in [2.05, 4.69) is 0 Å². The average molecular weight is 189 g/mol. The molecule has 1 saturated heterocycles. The van der Waals surface area contributed by atoms with Gasteiger partial charge in [0.25, 0.3) is 0 Å². The van der Waals surface area contributed by atoms with Crippen LogP contribution in [0.2, 0.25) is 0 Å². The topological polar surface area (TPSA) is 52.9 Å². The van der Waals surface area contributed by atoms with Crippen molar-refractivity contribution in [2.24, 2.45) is 0 Å². The Hall–Kier alpha value is -0.160. The molecule has 4 heteroatoms. The highest BCUT2D eigenvalue weighted by Gasteiger charge is 2.47. The Kier molecular flexibility index (Phi) is 2.97. The number of hydrogen-bond donors (Lipinski definition) is 2. The summed E-state index contributed by atoms with van der Waals surface area (Å²) in [5.41, 5.74) is -0.450. The van der Waals surface area contributed by atoms with Crippen molar-refractivity contribution in [3.8, 4) is 0 Å². The lowest BCUT2D eigenvalue weighted by atomic mass is 9.90. The predicted octanol–water partition coefficient (Wildman–Crippen LogP) is -0.202. The zero-order valence-corrected chi connectivity index (χ0v) is 8.58. The van der Waals surface area contributed by atoms with Crippen molar-refractivity contribution in [3.05, 3.63) is 0 Å². The number of aliphatic hydroxyl groups excluding tert-OH is 1. The van der Waals surface area contributed by atoms with Crippen molar-refractivity contribution in [2.45, 2.75) is 32.1 Å². The lowest BCUT2D eigenvalue weighted by Gasteiger charge is -2.51. The summed E-state index contributed by atoms with van der Waals surface area (Å²) < 4.78 is 5.29. The van der Waals surface area contributed by atoms with E-state index in [1.54, 1.807) is 6.92 Å². The lowest BCUT2D eigenvalue weighted by Crippen LogP contribution is -2.65. The molecule has 1 heterocycles. The summed E-state index contributed by atoms with van der Waals surface area (Å²) in [5.74, 6) is -1.14.